The zero-order chi connectivity index (χ0) is 29.6. The quantitative estimate of drug-likeness (QED) is 0.0895. The fraction of sp³-hybridized carbons (Fsp3) is 0.125. The molecule has 2 aromatic heterocycles. The van der Waals surface area contributed by atoms with Crippen LogP contribution >= 0.6 is 45.8 Å². The van der Waals surface area contributed by atoms with E-state index in [-0.39, 0.29) is 12.4 Å². The first kappa shape index (κ1) is 29.8. The molecular formula is C32H26Cl2IN3O4. The maximum absolute atomic E-state index is 12.5. The Morgan fingerprint density at radius 1 is 0.905 bits per heavy atom. The van der Waals surface area contributed by atoms with Crippen molar-refractivity contribution < 1.29 is 18.7 Å². The Balaban J connectivity index is 1.10. The van der Waals surface area contributed by atoms with Crippen LogP contribution in [0.1, 0.15) is 38.8 Å². The molecule has 0 saturated carbocycles. The van der Waals surface area contributed by atoms with Crippen molar-refractivity contribution >= 4 is 57.9 Å². The lowest BCUT2D eigenvalue weighted by Crippen LogP contribution is -2.16. The second-order valence-corrected chi connectivity index (χ2v) is 11.4. The molecule has 1 N–H and O–H groups in total. The molecule has 0 saturated heterocycles. The van der Waals surface area contributed by atoms with E-state index >= 15 is 0 Å². The molecule has 0 aliphatic rings. The predicted octanol–water partition coefficient (Wildman–Crippen LogP) is 8.52. The third-order valence-corrected chi connectivity index (χ3v) is 7.93. The lowest BCUT2D eigenvalue weighted by Gasteiger charge is -2.10. The maximum atomic E-state index is 12.5. The maximum Gasteiger partial charge on any atom is 0.307 e. The van der Waals surface area contributed by atoms with E-state index in [4.69, 9.17) is 37.1 Å². The molecule has 0 aliphatic heterocycles. The van der Waals surface area contributed by atoms with Crippen LogP contribution in [0.4, 0.5) is 0 Å². The molecular weight excluding hydrogens is 688 g/mol. The average molecular weight is 714 g/mol. The normalized spacial score (nSPS) is 11.2. The summed E-state index contributed by atoms with van der Waals surface area (Å²) >= 11 is 14.2. The highest BCUT2D eigenvalue weighted by atomic mass is 127. The Hall–Kier alpha value is -3.73. The van der Waals surface area contributed by atoms with Crippen LogP contribution in [0.15, 0.2) is 94.4 Å². The van der Waals surface area contributed by atoms with E-state index in [2.05, 4.69) is 63.7 Å². The van der Waals surface area contributed by atoms with Crippen molar-refractivity contribution in [2.75, 3.05) is 0 Å². The highest BCUT2D eigenvalue weighted by Crippen LogP contribution is 2.26. The zero-order valence-corrected chi connectivity index (χ0v) is 26.4. The number of benzene rings is 3. The summed E-state index contributed by atoms with van der Waals surface area (Å²) in [5, 5.41) is 5.04. The minimum Gasteiger partial charge on any atom is -0.488 e. The Morgan fingerprint density at radius 3 is 2.38 bits per heavy atom. The number of hydrogen-bond donors (Lipinski definition) is 1. The van der Waals surface area contributed by atoms with Gasteiger partial charge in [-0.05, 0) is 126 Å². The van der Waals surface area contributed by atoms with E-state index in [9.17, 15) is 4.79 Å². The molecule has 7 nitrogen and oxygen atoms in total. The van der Waals surface area contributed by atoms with Crippen molar-refractivity contribution in [3.8, 4) is 17.2 Å². The second-order valence-electron chi connectivity index (χ2n) is 9.43. The molecule has 0 aliphatic carbocycles. The van der Waals surface area contributed by atoms with Gasteiger partial charge in [-0.2, -0.15) is 5.10 Å². The molecule has 214 valence electrons. The molecule has 0 spiro atoms. The number of aromatic nitrogens is 1. The van der Waals surface area contributed by atoms with Gasteiger partial charge >= 0.3 is 5.91 Å². The number of aryl methyl sites for hydroxylation is 2. The fourth-order valence-electron chi connectivity index (χ4n) is 4.22. The molecule has 1 amide bonds. The summed E-state index contributed by atoms with van der Waals surface area (Å²) < 4.78 is 20.5. The number of hydrogen-bond acceptors (Lipinski definition) is 5. The van der Waals surface area contributed by atoms with Crippen molar-refractivity contribution in [3.63, 3.8) is 0 Å². The van der Waals surface area contributed by atoms with Gasteiger partial charge in [-0.15, -0.1) is 0 Å². The number of rotatable bonds is 10. The van der Waals surface area contributed by atoms with Crippen LogP contribution in [0.5, 0.6) is 11.5 Å². The van der Waals surface area contributed by atoms with E-state index in [1.54, 1.807) is 30.5 Å². The molecule has 42 heavy (non-hydrogen) atoms. The van der Waals surface area contributed by atoms with Crippen LogP contribution < -0.4 is 14.9 Å². The molecule has 0 unspecified atom stereocenters. The van der Waals surface area contributed by atoms with Gasteiger partial charge in [0.25, 0.3) is 0 Å². The van der Waals surface area contributed by atoms with Gasteiger partial charge in [0.15, 0.2) is 5.76 Å². The van der Waals surface area contributed by atoms with Gasteiger partial charge in [-0.1, -0.05) is 29.3 Å². The first-order valence-corrected chi connectivity index (χ1v) is 14.8. The lowest BCUT2D eigenvalue weighted by atomic mass is 10.2. The monoisotopic (exact) mass is 713 g/mol. The SMILES string of the molecule is Cc1ccc(C)n1-c1ccc(OCc2ccc(C(=O)N/N=C/c3ccc(OCc4ccc(Cl)c(Cl)c4)c(I)c3)o2)cc1. The van der Waals surface area contributed by atoms with Crippen LogP contribution in [0.2, 0.25) is 10.0 Å². The van der Waals surface area contributed by atoms with Gasteiger partial charge in [0.1, 0.15) is 30.5 Å². The minimum atomic E-state index is -0.462. The summed E-state index contributed by atoms with van der Waals surface area (Å²) in [4.78, 5) is 12.5. The van der Waals surface area contributed by atoms with Gasteiger partial charge in [-0.25, -0.2) is 5.43 Å². The number of halogens is 3. The van der Waals surface area contributed by atoms with E-state index < -0.39 is 5.91 Å². The molecule has 0 fully saturated rings. The van der Waals surface area contributed by atoms with Crippen LogP contribution in [0.25, 0.3) is 5.69 Å². The predicted molar refractivity (Wildman–Crippen MR) is 173 cm³/mol. The van der Waals surface area contributed by atoms with Crippen molar-refractivity contribution in [1.29, 1.82) is 0 Å². The van der Waals surface area contributed by atoms with Gasteiger partial charge in [0, 0.05) is 17.1 Å². The molecule has 0 atom stereocenters. The molecule has 10 heteroatoms. The Bertz CT molecular complexity index is 1730. The van der Waals surface area contributed by atoms with Crippen molar-refractivity contribution in [2.45, 2.75) is 27.1 Å². The number of amides is 1. The van der Waals surface area contributed by atoms with Gasteiger partial charge in [-0.3, -0.25) is 4.79 Å². The summed E-state index contributed by atoms with van der Waals surface area (Å²) in [7, 11) is 0. The number of carbonyl (C=O) groups is 1. The Labute approximate surface area is 267 Å². The highest BCUT2D eigenvalue weighted by Gasteiger charge is 2.12. The fourth-order valence-corrected chi connectivity index (χ4v) is 5.24. The number of hydrazone groups is 1. The topological polar surface area (TPSA) is 78.0 Å². The van der Waals surface area contributed by atoms with E-state index in [0.29, 0.717) is 28.2 Å². The second kappa shape index (κ2) is 13.5. The largest absolute Gasteiger partial charge is 0.488 e. The van der Waals surface area contributed by atoms with Crippen LogP contribution in [-0.2, 0) is 13.2 Å². The summed E-state index contributed by atoms with van der Waals surface area (Å²) in [6, 6.07) is 26.3. The zero-order valence-electron chi connectivity index (χ0n) is 22.7. The number of nitrogens with zero attached hydrogens (tertiary/aromatic N) is 2. The standard InChI is InChI=1S/C32H26Cl2IN3O4/c1-20-3-4-21(2)38(20)24-7-9-25(10-8-24)40-19-26-11-14-31(42-26)32(39)37-36-17-22-6-13-30(29(35)16-22)41-18-23-5-12-27(33)28(34)15-23/h3-17H,18-19H2,1-2H3,(H,37,39)/b36-17+. The van der Waals surface area contributed by atoms with Gasteiger partial charge < -0.3 is 18.5 Å². The lowest BCUT2D eigenvalue weighted by molar-refractivity contribution is 0.0923. The van der Waals surface area contributed by atoms with Gasteiger partial charge in [0.05, 0.1) is 19.8 Å². The number of ether oxygens (including phenoxy) is 2. The van der Waals surface area contributed by atoms with Crippen molar-refractivity contribution in [1.82, 2.24) is 9.99 Å². The minimum absolute atomic E-state index is 0.139. The van der Waals surface area contributed by atoms with Crippen LogP contribution in [-0.4, -0.2) is 16.7 Å². The molecule has 3 aromatic carbocycles. The summed E-state index contributed by atoms with van der Waals surface area (Å²) in [6.07, 6.45) is 1.55. The van der Waals surface area contributed by atoms with Gasteiger partial charge in [0.2, 0.25) is 0 Å². The Morgan fingerprint density at radius 2 is 1.67 bits per heavy atom. The van der Waals surface area contributed by atoms with E-state index in [0.717, 1.165) is 26.1 Å². The van der Waals surface area contributed by atoms with Crippen LogP contribution in [0, 0.1) is 17.4 Å². The summed E-state index contributed by atoms with van der Waals surface area (Å²) in [5.74, 6) is 1.62. The molecule has 0 radical (unpaired) electrons. The third-order valence-electron chi connectivity index (χ3n) is 6.35. The van der Waals surface area contributed by atoms with Crippen LogP contribution in [0.3, 0.4) is 0 Å². The highest BCUT2D eigenvalue weighted by molar-refractivity contribution is 14.1. The van der Waals surface area contributed by atoms with E-state index in [1.807, 2.05) is 48.5 Å². The molecule has 5 aromatic rings. The molecule has 5 rings (SSSR count). The smallest absolute Gasteiger partial charge is 0.307 e. The molecule has 0 bridgehead atoms. The van der Waals surface area contributed by atoms with E-state index in [1.165, 1.54) is 11.4 Å². The van der Waals surface area contributed by atoms with Crippen molar-refractivity contribution in [2.24, 2.45) is 5.10 Å². The number of carbonyl (C=O) groups excluding carboxylic acids is 1. The third kappa shape index (κ3) is 7.36. The number of furan rings is 1. The summed E-state index contributed by atoms with van der Waals surface area (Å²) in [5.41, 5.74) is 7.60. The summed E-state index contributed by atoms with van der Waals surface area (Å²) in [6.45, 7) is 4.69. The first-order valence-electron chi connectivity index (χ1n) is 12.9. The van der Waals surface area contributed by atoms with Crippen molar-refractivity contribution in [3.05, 3.63) is 133 Å². The average Bonchev–Trinajstić information content (AvgIpc) is 3.59. The number of nitrogens with one attached hydrogen (secondary N) is 1. The molecule has 2 heterocycles. The first-order chi connectivity index (χ1) is 20.3. The Kier molecular flexibility index (Phi) is 9.56.